The average molecular weight is 324 g/mol. The predicted molar refractivity (Wildman–Crippen MR) is 88.5 cm³/mol. The number of amides is 3. The van der Waals surface area contributed by atoms with Gasteiger partial charge in [-0.1, -0.05) is 18.2 Å². The van der Waals surface area contributed by atoms with E-state index in [1.54, 1.807) is 36.5 Å². The van der Waals surface area contributed by atoms with Gasteiger partial charge in [0.15, 0.2) is 0 Å². The van der Waals surface area contributed by atoms with Crippen molar-refractivity contribution < 1.29 is 14.4 Å². The topological polar surface area (TPSA) is 100 Å². The van der Waals surface area contributed by atoms with E-state index in [9.17, 15) is 14.4 Å². The fourth-order valence-electron chi connectivity index (χ4n) is 2.38. The van der Waals surface area contributed by atoms with E-state index in [4.69, 9.17) is 0 Å². The molecule has 3 rings (SSSR count). The molecule has 0 fully saturated rings. The zero-order chi connectivity index (χ0) is 17.1. The Labute approximate surface area is 138 Å². The lowest BCUT2D eigenvalue weighted by atomic mass is 10.1. The third-order valence-electron chi connectivity index (χ3n) is 3.62. The van der Waals surface area contributed by atoms with Crippen LogP contribution in [-0.2, 0) is 9.59 Å². The van der Waals surface area contributed by atoms with Crippen LogP contribution in [-0.4, -0.2) is 28.7 Å². The largest absolute Gasteiger partial charge is 0.340 e. The standard InChI is InChI=1S/C17H16N4O3/c1-10-6-7-14(18-9-10)21-15(22)8-13-17(24)19-12-5-3-2-4-11(12)16(23)20-13/h2-7,9,13H,8H2,1H3,(H,19,24)(H,20,23)(H,18,21,22)/t13-/m0/s1. The van der Waals surface area contributed by atoms with Crippen LogP contribution in [0.1, 0.15) is 22.3 Å². The van der Waals surface area contributed by atoms with Crippen molar-refractivity contribution in [1.82, 2.24) is 10.3 Å². The number of anilines is 2. The number of pyridine rings is 1. The number of nitrogens with one attached hydrogen (secondary N) is 3. The molecular weight excluding hydrogens is 308 g/mol. The summed E-state index contributed by atoms with van der Waals surface area (Å²) < 4.78 is 0. The van der Waals surface area contributed by atoms with Crippen molar-refractivity contribution in [2.24, 2.45) is 0 Å². The first-order valence-electron chi connectivity index (χ1n) is 7.46. The fourth-order valence-corrected chi connectivity index (χ4v) is 2.38. The van der Waals surface area contributed by atoms with Crippen LogP contribution in [0.5, 0.6) is 0 Å². The van der Waals surface area contributed by atoms with Crippen molar-refractivity contribution in [2.75, 3.05) is 10.6 Å². The molecule has 1 aliphatic rings. The molecule has 0 aliphatic carbocycles. The van der Waals surface area contributed by atoms with Gasteiger partial charge in [-0.25, -0.2) is 4.98 Å². The average Bonchev–Trinajstić information content (AvgIpc) is 2.67. The van der Waals surface area contributed by atoms with Gasteiger partial charge < -0.3 is 16.0 Å². The summed E-state index contributed by atoms with van der Waals surface area (Å²) in [4.78, 5) is 40.6. The Morgan fingerprint density at radius 1 is 1.21 bits per heavy atom. The third-order valence-corrected chi connectivity index (χ3v) is 3.62. The Hall–Kier alpha value is -3.22. The first-order valence-corrected chi connectivity index (χ1v) is 7.46. The van der Waals surface area contributed by atoms with Crippen LogP contribution in [0, 0.1) is 6.92 Å². The van der Waals surface area contributed by atoms with Crippen LogP contribution in [0.3, 0.4) is 0 Å². The fraction of sp³-hybridized carbons (Fsp3) is 0.176. The van der Waals surface area contributed by atoms with Crippen molar-refractivity contribution in [3.63, 3.8) is 0 Å². The van der Waals surface area contributed by atoms with Crippen molar-refractivity contribution in [1.29, 1.82) is 0 Å². The Morgan fingerprint density at radius 2 is 2.00 bits per heavy atom. The highest BCUT2D eigenvalue weighted by Gasteiger charge is 2.29. The number of hydrogen-bond donors (Lipinski definition) is 3. The molecule has 2 aromatic rings. The molecule has 24 heavy (non-hydrogen) atoms. The summed E-state index contributed by atoms with van der Waals surface area (Å²) in [6, 6.07) is 9.24. The molecule has 0 spiro atoms. The summed E-state index contributed by atoms with van der Waals surface area (Å²) in [5, 5.41) is 7.85. The lowest BCUT2D eigenvalue weighted by molar-refractivity contribution is -0.122. The maximum atomic E-state index is 12.2. The SMILES string of the molecule is Cc1ccc(NC(=O)C[C@@H]2NC(=O)c3ccccc3NC2=O)nc1. The van der Waals surface area contributed by atoms with Gasteiger partial charge >= 0.3 is 0 Å². The summed E-state index contributed by atoms with van der Waals surface area (Å²) in [7, 11) is 0. The number of rotatable bonds is 3. The van der Waals surface area contributed by atoms with E-state index in [2.05, 4.69) is 20.9 Å². The first-order chi connectivity index (χ1) is 11.5. The smallest absolute Gasteiger partial charge is 0.254 e. The second kappa shape index (κ2) is 6.49. The molecule has 0 radical (unpaired) electrons. The molecule has 0 saturated heterocycles. The van der Waals surface area contributed by atoms with Gasteiger partial charge in [-0.2, -0.15) is 0 Å². The zero-order valence-corrected chi connectivity index (χ0v) is 13.0. The van der Waals surface area contributed by atoms with Gasteiger partial charge in [-0.05, 0) is 30.7 Å². The number of fused-ring (bicyclic) bond motifs is 1. The molecule has 2 heterocycles. The van der Waals surface area contributed by atoms with E-state index in [0.717, 1.165) is 5.56 Å². The third kappa shape index (κ3) is 3.40. The lowest BCUT2D eigenvalue weighted by Gasteiger charge is -2.14. The number of carbonyl (C=O) groups is 3. The molecule has 0 bridgehead atoms. The van der Waals surface area contributed by atoms with Gasteiger partial charge in [0.05, 0.1) is 17.7 Å². The summed E-state index contributed by atoms with van der Waals surface area (Å²) >= 11 is 0. The minimum atomic E-state index is -0.949. The van der Waals surface area contributed by atoms with Crippen molar-refractivity contribution in [3.05, 3.63) is 53.7 Å². The lowest BCUT2D eigenvalue weighted by Crippen LogP contribution is -2.43. The minimum absolute atomic E-state index is 0.179. The van der Waals surface area contributed by atoms with Gasteiger partial charge in [-0.15, -0.1) is 0 Å². The van der Waals surface area contributed by atoms with E-state index in [1.165, 1.54) is 0 Å². The molecule has 1 aromatic carbocycles. The molecule has 0 unspecified atom stereocenters. The molecular formula is C17H16N4O3. The summed E-state index contributed by atoms with van der Waals surface area (Å²) in [5.74, 6) is -0.831. The Morgan fingerprint density at radius 3 is 2.75 bits per heavy atom. The monoisotopic (exact) mass is 324 g/mol. The van der Waals surface area contributed by atoms with Crippen LogP contribution < -0.4 is 16.0 Å². The van der Waals surface area contributed by atoms with Crippen molar-refractivity contribution in [2.45, 2.75) is 19.4 Å². The van der Waals surface area contributed by atoms with Crippen LogP contribution in [0.2, 0.25) is 0 Å². The maximum Gasteiger partial charge on any atom is 0.254 e. The van der Waals surface area contributed by atoms with Crippen LogP contribution in [0.4, 0.5) is 11.5 Å². The van der Waals surface area contributed by atoms with Crippen LogP contribution in [0.15, 0.2) is 42.6 Å². The second-order valence-corrected chi connectivity index (χ2v) is 5.53. The molecule has 1 atom stereocenters. The van der Waals surface area contributed by atoms with E-state index in [1.807, 2.05) is 13.0 Å². The van der Waals surface area contributed by atoms with E-state index >= 15 is 0 Å². The number of aryl methyl sites for hydroxylation is 1. The maximum absolute atomic E-state index is 12.2. The number of hydrogen-bond acceptors (Lipinski definition) is 4. The zero-order valence-electron chi connectivity index (χ0n) is 13.0. The number of nitrogens with zero attached hydrogens (tertiary/aromatic N) is 1. The Balaban J connectivity index is 1.69. The van der Waals surface area contributed by atoms with Gasteiger partial charge in [0, 0.05) is 6.20 Å². The highest BCUT2D eigenvalue weighted by molar-refractivity contribution is 6.11. The molecule has 1 aliphatic heterocycles. The Bertz CT molecular complexity index is 802. The normalized spacial score (nSPS) is 16.5. The predicted octanol–water partition coefficient (Wildman–Crippen LogP) is 1.47. The van der Waals surface area contributed by atoms with Crippen molar-refractivity contribution >= 4 is 29.2 Å². The summed E-state index contributed by atoms with van der Waals surface area (Å²) in [6.45, 7) is 1.89. The number of aromatic nitrogens is 1. The minimum Gasteiger partial charge on any atom is -0.340 e. The van der Waals surface area contributed by atoms with Gasteiger partial charge in [0.2, 0.25) is 11.8 Å². The molecule has 1 aromatic heterocycles. The highest BCUT2D eigenvalue weighted by Crippen LogP contribution is 2.19. The second-order valence-electron chi connectivity index (χ2n) is 5.53. The number of benzene rings is 1. The molecule has 3 N–H and O–H groups in total. The van der Waals surface area contributed by atoms with Crippen molar-refractivity contribution in [3.8, 4) is 0 Å². The quantitative estimate of drug-likeness (QED) is 0.796. The van der Waals surface area contributed by atoms with E-state index < -0.39 is 23.8 Å². The van der Waals surface area contributed by atoms with Crippen LogP contribution in [0.25, 0.3) is 0 Å². The van der Waals surface area contributed by atoms with E-state index in [-0.39, 0.29) is 6.42 Å². The number of carbonyl (C=O) groups excluding carboxylic acids is 3. The molecule has 0 saturated carbocycles. The molecule has 122 valence electrons. The molecule has 3 amide bonds. The van der Waals surface area contributed by atoms with Gasteiger partial charge in [-0.3, -0.25) is 14.4 Å². The summed E-state index contributed by atoms with van der Waals surface area (Å²) in [5.41, 5.74) is 1.78. The highest BCUT2D eigenvalue weighted by atomic mass is 16.2. The van der Waals surface area contributed by atoms with E-state index in [0.29, 0.717) is 17.1 Å². The Kier molecular flexibility index (Phi) is 4.24. The van der Waals surface area contributed by atoms with Gasteiger partial charge in [0.25, 0.3) is 5.91 Å². The van der Waals surface area contributed by atoms with Crippen LogP contribution >= 0.6 is 0 Å². The first kappa shape index (κ1) is 15.7. The number of para-hydroxylation sites is 1. The molecule has 7 nitrogen and oxygen atoms in total. The molecule has 7 heteroatoms. The summed E-state index contributed by atoms with van der Waals surface area (Å²) in [6.07, 6.45) is 1.45. The van der Waals surface area contributed by atoms with Gasteiger partial charge in [0.1, 0.15) is 11.9 Å².